The van der Waals surface area contributed by atoms with E-state index < -0.39 is 21.6 Å². The third kappa shape index (κ3) is 3.89. The van der Waals surface area contributed by atoms with E-state index in [9.17, 15) is 21.6 Å². The fourth-order valence-electron chi connectivity index (χ4n) is 2.31. The van der Waals surface area contributed by atoms with E-state index in [2.05, 4.69) is 25.7 Å². The number of anilines is 3. The fourth-order valence-corrected chi connectivity index (χ4v) is 2.87. The smallest absolute Gasteiger partial charge is 0.370 e. The molecule has 0 radical (unpaired) electrons. The highest BCUT2D eigenvalue weighted by atomic mass is 32.2. The summed E-state index contributed by atoms with van der Waals surface area (Å²) in [6, 6.07) is 1.37. The summed E-state index contributed by atoms with van der Waals surface area (Å²) in [5.74, 6) is -0.121. The normalized spacial score (nSPS) is 15.1. The van der Waals surface area contributed by atoms with Crippen molar-refractivity contribution in [3.05, 3.63) is 17.8 Å². The summed E-state index contributed by atoms with van der Waals surface area (Å²) in [4.78, 5) is 7.58. The molecule has 0 spiro atoms. The summed E-state index contributed by atoms with van der Waals surface area (Å²) in [6.07, 6.45) is -1.18. The Morgan fingerprint density at radius 2 is 2.04 bits per heavy atom. The number of rotatable bonds is 6. The topological polar surface area (TPSA) is 102 Å². The Kier molecular flexibility index (Phi) is 4.54. The zero-order valence-electron chi connectivity index (χ0n) is 14.0. The van der Waals surface area contributed by atoms with E-state index in [0.717, 1.165) is 19.1 Å². The maximum atomic E-state index is 13.0. The Morgan fingerprint density at radius 3 is 2.58 bits per heavy atom. The lowest BCUT2D eigenvalue weighted by molar-refractivity contribution is -0.137. The fraction of sp³-hybridized carbons (Fsp3) is 0.500. The van der Waals surface area contributed by atoms with Crippen molar-refractivity contribution in [2.45, 2.75) is 37.0 Å². The van der Waals surface area contributed by atoms with Gasteiger partial charge in [0.2, 0.25) is 5.95 Å². The van der Waals surface area contributed by atoms with E-state index in [0.29, 0.717) is 12.0 Å². The molecule has 1 fully saturated rings. The van der Waals surface area contributed by atoms with Gasteiger partial charge in [-0.05, 0) is 19.8 Å². The van der Waals surface area contributed by atoms with Gasteiger partial charge in [-0.2, -0.15) is 23.3 Å². The van der Waals surface area contributed by atoms with Gasteiger partial charge in [-0.15, -0.1) is 0 Å². The minimum Gasteiger partial charge on any atom is -0.370 e. The van der Waals surface area contributed by atoms with Crippen LogP contribution in [0.2, 0.25) is 0 Å². The number of hydrogen-bond acceptors (Lipinski definition) is 7. The van der Waals surface area contributed by atoms with Crippen LogP contribution in [0, 0.1) is 0 Å². The van der Waals surface area contributed by atoms with Crippen LogP contribution in [-0.2, 0) is 16.0 Å². The molecule has 2 heterocycles. The van der Waals surface area contributed by atoms with Gasteiger partial charge >= 0.3 is 6.18 Å². The van der Waals surface area contributed by atoms with Crippen molar-refractivity contribution < 1.29 is 21.6 Å². The Morgan fingerprint density at radius 1 is 1.35 bits per heavy atom. The quantitative estimate of drug-likeness (QED) is 0.782. The predicted octanol–water partition coefficient (Wildman–Crippen LogP) is 2.61. The minimum atomic E-state index is -4.59. The van der Waals surface area contributed by atoms with Crippen LogP contribution in [0.5, 0.6) is 0 Å². The number of halogens is 3. The largest absolute Gasteiger partial charge is 0.421 e. The van der Waals surface area contributed by atoms with E-state index in [1.807, 2.05) is 0 Å². The summed E-state index contributed by atoms with van der Waals surface area (Å²) < 4.78 is 64.0. The van der Waals surface area contributed by atoms with Crippen molar-refractivity contribution >= 4 is 27.4 Å². The summed E-state index contributed by atoms with van der Waals surface area (Å²) >= 11 is 0. The highest BCUT2D eigenvalue weighted by molar-refractivity contribution is 7.90. The van der Waals surface area contributed by atoms with Gasteiger partial charge in [0.1, 0.15) is 17.2 Å². The predicted molar refractivity (Wildman–Crippen MR) is 88.1 cm³/mol. The molecule has 0 unspecified atom stereocenters. The van der Waals surface area contributed by atoms with Crippen LogP contribution in [-0.4, -0.2) is 41.0 Å². The highest BCUT2D eigenvalue weighted by Gasteiger charge is 2.35. The Bertz CT molecular complexity index is 921. The van der Waals surface area contributed by atoms with Gasteiger partial charge in [0.05, 0.1) is 6.04 Å². The molecule has 0 atom stereocenters. The van der Waals surface area contributed by atoms with Crippen LogP contribution in [0.4, 0.5) is 30.8 Å². The van der Waals surface area contributed by atoms with Gasteiger partial charge in [-0.1, -0.05) is 0 Å². The third-order valence-corrected chi connectivity index (χ3v) is 4.62. The molecule has 0 bridgehead atoms. The van der Waals surface area contributed by atoms with Crippen molar-refractivity contribution in [3.63, 3.8) is 0 Å². The SMILES string of the molecule is CCNc1nc(Nc2cc(S(C)(=O)=O)nn2C2CC2)ncc1C(F)(F)F. The Hall–Kier alpha value is -2.37. The molecule has 142 valence electrons. The lowest BCUT2D eigenvalue weighted by Gasteiger charge is -2.14. The van der Waals surface area contributed by atoms with Crippen LogP contribution in [0.1, 0.15) is 31.4 Å². The van der Waals surface area contributed by atoms with Crippen molar-refractivity contribution in [3.8, 4) is 0 Å². The summed E-state index contributed by atoms with van der Waals surface area (Å²) in [5.41, 5.74) is -0.975. The van der Waals surface area contributed by atoms with Crippen LogP contribution in [0.25, 0.3) is 0 Å². The molecule has 1 saturated carbocycles. The molecule has 8 nitrogen and oxygen atoms in total. The van der Waals surface area contributed by atoms with Gasteiger partial charge in [-0.25, -0.2) is 18.1 Å². The van der Waals surface area contributed by atoms with Crippen LogP contribution < -0.4 is 10.6 Å². The van der Waals surface area contributed by atoms with Crippen LogP contribution in [0.3, 0.4) is 0 Å². The van der Waals surface area contributed by atoms with E-state index in [1.54, 1.807) is 6.92 Å². The summed E-state index contributed by atoms with van der Waals surface area (Å²) in [6.45, 7) is 1.90. The average molecular weight is 390 g/mol. The summed E-state index contributed by atoms with van der Waals surface area (Å²) in [5, 5.41) is 9.28. The average Bonchev–Trinajstić information content (AvgIpc) is 3.26. The molecule has 1 aliphatic carbocycles. The first-order valence-electron chi connectivity index (χ1n) is 7.84. The number of hydrogen-bond donors (Lipinski definition) is 2. The second-order valence-corrected chi connectivity index (χ2v) is 7.89. The lowest BCUT2D eigenvalue weighted by Crippen LogP contribution is -2.14. The van der Waals surface area contributed by atoms with E-state index >= 15 is 0 Å². The maximum absolute atomic E-state index is 13.0. The number of nitrogens with zero attached hydrogens (tertiary/aromatic N) is 4. The van der Waals surface area contributed by atoms with Crippen molar-refractivity contribution in [2.24, 2.45) is 0 Å². The second-order valence-electron chi connectivity index (χ2n) is 5.92. The highest BCUT2D eigenvalue weighted by Crippen LogP contribution is 2.38. The number of alkyl halides is 3. The Labute approximate surface area is 147 Å². The van der Waals surface area contributed by atoms with E-state index in [4.69, 9.17) is 0 Å². The van der Waals surface area contributed by atoms with Gasteiger partial charge in [0, 0.05) is 25.1 Å². The molecule has 12 heteroatoms. The van der Waals surface area contributed by atoms with Gasteiger partial charge in [0.25, 0.3) is 0 Å². The Balaban J connectivity index is 1.96. The standard InChI is InChI=1S/C14H17F3N6O2S/c1-3-18-12-9(14(15,16)17)7-19-13(21-12)20-10-6-11(26(2,24)25)22-23(10)8-4-5-8/h6-8H,3-5H2,1-2H3,(H2,18,19,20,21). The van der Waals surface area contributed by atoms with Gasteiger partial charge < -0.3 is 10.6 Å². The minimum absolute atomic E-state index is 0.0516. The number of sulfone groups is 1. The van der Waals surface area contributed by atoms with E-state index in [-0.39, 0.29) is 29.4 Å². The first kappa shape index (κ1) is 18.4. The van der Waals surface area contributed by atoms with Crippen molar-refractivity contribution in [2.75, 3.05) is 23.4 Å². The monoisotopic (exact) mass is 390 g/mol. The van der Waals surface area contributed by atoms with Crippen LogP contribution in [0.15, 0.2) is 17.3 Å². The second kappa shape index (κ2) is 6.41. The molecular weight excluding hydrogens is 373 g/mol. The molecule has 26 heavy (non-hydrogen) atoms. The molecule has 0 aromatic carbocycles. The third-order valence-electron chi connectivity index (χ3n) is 3.66. The molecule has 1 aliphatic rings. The zero-order valence-corrected chi connectivity index (χ0v) is 14.8. The van der Waals surface area contributed by atoms with Crippen molar-refractivity contribution in [1.29, 1.82) is 0 Å². The lowest BCUT2D eigenvalue weighted by atomic mass is 10.3. The van der Waals surface area contributed by atoms with Crippen LogP contribution >= 0.6 is 0 Å². The van der Waals surface area contributed by atoms with E-state index in [1.165, 1.54) is 10.7 Å². The first-order valence-corrected chi connectivity index (χ1v) is 9.73. The molecule has 2 aromatic heterocycles. The molecule has 2 N–H and O–H groups in total. The molecule has 2 aromatic rings. The molecule has 0 aliphatic heterocycles. The molecule has 3 rings (SSSR count). The first-order chi connectivity index (χ1) is 12.1. The van der Waals surface area contributed by atoms with Crippen molar-refractivity contribution in [1.82, 2.24) is 19.7 Å². The van der Waals surface area contributed by atoms with Gasteiger partial charge in [-0.3, -0.25) is 0 Å². The number of aromatic nitrogens is 4. The molecule has 0 saturated heterocycles. The maximum Gasteiger partial charge on any atom is 0.421 e. The van der Waals surface area contributed by atoms with Gasteiger partial charge in [0.15, 0.2) is 14.9 Å². The zero-order chi connectivity index (χ0) is 19.1. The summed E-state index contributed by atoms with van der Waals surface area (Å²) in [7, 11) is -3.52. The number of nitrogens with one attached hydrogen (secondary N) is 2. The molecular formula is C14H17F3N6O2S. The molecule has 0 amide bonds.